The zero-order valence-electron chi connectivity index (χ0n) is 24.2. The fourth-order valence-electron chi connectivity index (χ4n) is 4.33. The highest BCUT2D eigenvalue weighted by Crippen LogP contribution is 2.26. The number of likely N-dealkylation sites (N-methyl/N-ethyl adjacent to an activating group) is 1. The Labute approximate surface area is 249 Å². The summed E-state index contributed by atoms with van der Waals surface area (Å²) in [7, 11) is 1.83. The van der Waals surface area contributed by atoms with Gasteiger partial charge in [0.2, 0.25) is 5.91 Å². The van der Waals surface area contributed by atoms with Gasteiger partial charge < -0.3 is 26.7 Å². The molecule has 11 heteroatoms. The van der Waals surface area contributed by atoms with Crippen molar-refractivity contribution >= 4 is 51.5 Å². The number of rotatable bonds is 11. The minimum absolute atomic E-state index is 0.0609. The molecule has 0 radical (unpaired) electrons. The van der Waals surface area contributed by atoms with E-state index in [0.29, 0.717) is 43.7 Å². The van der Waals surface area contributed by atoms with E-state index in [-0.39, 0.29) is 17.8 Å². The lowest BCUT2D eigenvalue weighted by molar-refractivity contribution is -0.124. The zero-order valence-corrected chi connectivity index (χ0v) is 25.0. The van der Waals surface area contributed by atoms with Crippen LogP contribution in [0, 0.1) is 11.2 Å². The molecule has 1 fully saturated rings. The first-order valence-corrected chi connectivity index (χ1v) is 14.6. The zero-order chi connectivity index (χ0) is 30.5. The molecule has 0 saturated carbocycles. The van der Waals surface area contributed by atoms with Gasteiger partial charge in [0, 0.05) is 47.4 Å². The van der Waals surface area contributed by atoms with Crippen LogP contribution in [0.25, 0.3) is 10.1 Å². The number of carbonyl (C=O) groups excluding carboxylic acids is 2. The SMILES string of the molecule is C/C=C(\C=N)CN/C(C=O)=C/N=C1CCC(C(=O)NCc2cc3cnc(N)cc3s2)N1C.CCCc1ccccc1F. The molecule has 4 rings (SSSR count). The number of amides is 1. The van der Waals surface area contributed by atoms with Gasteiger partial charge in [-0.3, -0.25) is 9.59 Å². The molecular weight excluding hydrogens is 553 g/mol. The number of nitrogens with one attached hydrogen (secondary N) is 3. The van der Waals surface area contributed by atoms with Gasteiger partial charge in [-0.1, -0.05) is 37.6 Å². The van der Waals surface area contributed by atoms with Crippen molar-refractivity contribution in [3.63, 3.8) is 0 Å². The van der Waals surface area contributed by atoms with Gasteiger partial charge in [-0.05, 0) is 49.1 Å². The van der Waals surface area contributed by atoms with E-state index in [1.807, 2.05) is 50.1 Å². The molecule has 42 heavy (non-hydrogen) atoms. The van der Waals surface area contributed by atoms with Crippen LogP contribution in [0.15, 0.2) is 71.1 Å². The Morgan fingerprint density at radius 3 is 2.79 bits per heavy atom. The number of likely N-dealkylation sites (tertiary alicyclic amines) is 1. The number of carbonyl (C=O) groups is 2. The number of aldehydes is 1. The predicted molar refractivity (Wildman–Crippen MR) is 169 cm³/mol. The van der Waals surface area contributed by atoms with Crippen molar-refractivity contribution in [2.75, 3.05) is 19.3 Å². The van der Waals surface area contributed by atoms with Gasteiger partial charge in [-0.15, -0.1) is 11.3 Å². The third kappa shape index (κ3) is 9.07. The molecular formula is C31H38FN7O2S. The number of aliphatic imine (C=N–C) groups is 1. The maximum absolute atomic E-state index is 12.8. The molecule has 1 aromatic carbocycles. The number of nitrogens with two attached hydrogens (primary N) is 1. The Morgan fingerprint density at radius 2 is 2.10 bits per heavy atom. The number of thiophene rings is 1. The van der Waals surface area contributed by atoms with Crippen molar-refractivity contribution in [1.29, 1.82) is 5.41 Å². The van der Waals surface area contributed by atoms with E-state index in [1.54, 1.807) is 29.7 Å². The van der Waals surface area contributed by atoms with E-state index in [4.69, 9.17) is 11.1 Å². The average molecular weight is 592 g/mol. The van der Waals surface area contributed by atoms with E-state index in [2.05, 4.69) is 20.6 Å². The van der Waals surface area contributed by atoms with Gasteiger partial charge in [0.1, 0.15) is 23.5 Å². The molecule has 0 aliphatic carbocycles. The standard InChI is InChI=1S/C22H27N7O2S.C9H11F/c1-3-14(8-23)9-25-16(13-30)11-27-21-5-4-18(29(21)2)22(31)28-12-17-6-15-10-26-20(24)7-19(15)32-17;1-2-5-8-6-3-4-7-9(8)10/h3,6-8,10-11,13,18,23,25H,4-5,9,12H2,1-2H3,(H2,24,26)(H,28,31);3-4,6-7H,2,5H2,1H3/b14-3+,16-11+,23-8?,27-21?;. The van der Waals surface area contributed by atoms with Gasteiger partial charge in [0.05, 0.1) is 18.4 Å². The van der Waals surface area contributed by atoms with Crippen molar-refractivity contribution in [3.05, 3.63) is 82.4 Å². The summed E-state index contributed by atoms with van der Waals surface area (Å²) in [6, 6.07) is 10.5. The van der Waals surface area contributed by atoms with Crippen LogP contribution in [-0.4, -0.2) is 53.8 Å². The highest BCUT2D eigenvalue weighted by atomic mass is 32.1. The number of anilines is 1. The number of hydrogen-bond acceptors (Lipinski definition) is 8. The molecule has 1 aliphatic rings. The number of hydrogen-bond donors (Lipinski definition) is 4. The summed E-state index contributed by atoms with van der Waals surface area (Å²) in [5.41, 5.74) is 7.64. The molecule has 0 spiro atoms. The van der Waals surface area contributed by atoms with E-state index >= 15 is 0 Å². The summed E-state index contributed by atoms with van der Waals surface area (Å²) in [5, 5.41) is 14.3. The topological polar surface area (TPSA) is 137 Å². The van der Waals surface area contributed by atoms with Gasteiger partial charge >= 0.3 is 0 Å². The second-order valence-corrected chi connectivity index (χ2v) is 10.9. The third-order valence-corrected chi connectivity index (χ3v) is 7.84. The normalized spacial score (nSPS) is 16.2. The lowest BCUT2D eigenvalue weighted by Crippen LogP contribution is -2.42. The minimum Gasteiger partial charge on any atom is -0.384 e. The molecule has 1 amide bonds. The second kappa shape index (κ2) is 16.2. The smallest absolute Gasteiger partial charge is 0.243 e. The third-order valence-electron chi connectivity index (χ3n) is 6.74. The highest BCUT2D eigenvalue weighted by molar-refractivity contribution is 7.19. The number of pyridine rings is 1. The van der Waals surface area contributed by atoms with Crippen molar-refractivity contribution in [2.45, 2.75) is 52.1 Å². The van der Waals surface area contributed by atoms with E-state index in [9.17, 15) is 14.0 Å². The van der Waals surface area contributed by atoms with Crippen LogP contribution in [0.1, 0.15) is 43.6 Å². The summed E-state index contributed by atoms with van der Waals surface area (Å²) in [6.45, 7) is 4.69. The summed E-state index contributed by atoms with van der Waals surface area (Å²) >= 11 is 1.58. The summed E-state index contributed by atoms with van der Waals surface area (Å²) in [5.74, 6) is 1.08. The van der Waals surface area contributed by atoms with Gasteiger partial charge in [0.15, 0.2) is 6.29 Å². The molecule has 222 valence electrons. The molecule has 3 heterocycles. The Morgan fingerprint density at radius 1 is 1.31 bits per heavy atom. The van der Waals surface area contributed by atoms with E-state index in [0.717, 1.165) is 44.8 Å². The Hall–Kier alpha value is -4.38. The lowest BCUT2D eigenvalue weighted by atomic mass is 10.1. The van der Waals surface area contributed by atoms with Crippen LogP contribution in [0.2, 0.25) is 0 Å². The molecule has 1 saturated heterocycles. The predicted octanol–water partition coefficient (Wildman–Crippen LogP) is 4.99. The van der Waals surface area contributed by atoms with Crippen LogP contribution in [0.5, 0.6) is 0 Å². The maximum atomic E-state index is 12.8. The number of amidine groups is 1. The Balaban J connectivity index is 0.000000408. The number of nitrogen functional groups attached to an aromatic ring is 1. The number of aromatic nitrogens is 1. The number of halogens is 1. The molecule has 1 unspecified atom stereocenters. The van der Waals surface area contributed by atoms with Crippen LogP contribution in [0.3, 0.4) is 0 Å². The number of nitrogens with zero attached hydrogens (tertiary/aromatic N) is 3. The van der Waals surface area contributed by atoms with Gasteiger partial charge in [-0.2, -0.15) is 0 Å². The fourth-order valence-corrected chi connectivity index (χ4v) is 5.36. The maximum Gasteiger partial charge on any atom is 0.243 e. The van der Waals surface area contributed by atoms with Gasteiger partial charge in [-0.25, -0.2) is 14.4 Å². The molecule has 1 atom stereocenters. The largest absolute Gasteiger partial charge is 0.384 e. The van der Waals surface area contributed by atoms with E-state index < -0.39 is 0 Å². The molecule has 3 aromatic rings. The van der Waals surface area contributed by atoms with Gasteiger partial charge in [0.25, 0.3) is 0 Å². The highest BCUT2D eigenvalue weighted by Gasteiger charge is 2.31. The number of allylic oxidation sites excluding steroid dienone is 2. The molecule has 5 N–H and O–H groups in total. The quantitative estimate of drug-likeness (QED) is 0.141. The van der Waals surface area contributed by atoms with Crippen molar-refractivity contribution in [1.82, 2.24) is 20.5 Å². The summed E-state index contributed by atoms with van der Waals surface area (Å²) in [4.78, 5) is 35.4. The first-order valence-electron chi connectivity index (χ1n) is 13.8. The summed E-state index contributed by atoms with van der Waals surface area (Å²) in [6.07, 6.45) is 10.1. The van der Waals surface area contributed by atoms with Crippen LogP contribution >= 0.6 is 11.3 Å². The van der Waals surface area contributed by atoms with Crippen molar-refractivity contribution < 1.29 is 14.0 Å². The fraction of sp³-hybridized carbons (Fsp3) is 0.323. The first-order chi connectivity index (χ1) is 20.3. The Bertz CT molecular complexity index is 1480. The second-order valence-electron chi connectivity index (χ2n) is 9.69. The Kier molecular flexibility index (Phi) is 12.4. The van der Waals surface area contributed by atoms with Crippen molar-refractivity contribution in [3.8, 4) is 0 Å². The first kappa shape index (κ1) is 32.1. The van der Waals surface area contributed by atoms with E-state index in [1.165, 1.54) is 18.5 Å². The van der Waals surface area contributed by atoms with Crippen LogP contribution < -0.4 is 16.4 Å². The van der Waals surface area contributed by atoms with Crippen LogP contribution in [0.4, 0.5) is 10.2 Å². The van der Waals surface area contributed by atoms with Crippen LogP contribution in [-0.2, 0) is 22.6 Å². The number of benzene rings is 1. The molecule has 2 aromatic heterocycles. The molecule has 0 bridgehead atoms. The average Bonchev–Trinajstić information content (AvgIpc) is 3.57. The monoisotopic (exact) mass is 591 g/mol. The number of fused-ring (bicyclic) bond motifs is 1. The number of aryl methyl sites for hydroxylation is 1. The molecule has 1 aliphatic heterocycles. The summed E-state index contributed by atoms with van der Waals surface area (Å²) < 4.78 is 13.8. The lowest BCUT2D eigenvalue weighted by Gasteiger charge is -2.21. The molecule has 9 nitrogen and oxygen atoms in total. The minimum atomic E-state index is -0.311. The van der Waals surface area contributed by atoms with Crippen molar-refractivity contribution in [2.24, 2.45) is 4.99 Å².